The summed E-state index contributed by atoms with van der Waals surface area (Å²) in [5.74, 6) is 1.52. The van der Waals surface area contributed by atoms with Crippen molar-refractivity contribution >= 4 is 17.5 Å². The number of nitrogens with zero attached hydrogens (tertiary/aromatic N) is 1. The van der Waals surface area contributed by atoms with Gasteiger partial charge in [-0.25, -0.2) is 0 Å². The van der Waals surface area contributed by atoms with Gasteiger partial charge in [-0.3, -0.25) is 4.79 Å². The van der Waals surface area contributed by atoms with Gasteiger partial charge in [0.1, 0.15) is 11.9 Å². The number of unbranched alkanes of at least 4 members (excludes halogenated alkanes) is 1. The van der Waals surface area contributed by atoms with E-state index in [9.17, 15) is 4.79 Å². The summed E-state index contributed by atoms with van der Waals surface area (Å²) in [6, 6.07) is 5.36. The Morgan fingerprint density at radius 2 is 1.93 bits per heavy atom. The van der Waals surface area contributed by atoms with Crippen molar-refractivity contribution in [3.63, 3.8) is 0 Å². The largest absolute Gasteiger partial charge is 0.489 e. The monoisotopic (exact) mass is 406 g/mol. The van der Waals surface area contributed by atoms with Crippen LogP contribution in [0.15, 0.2) is 18.2 Å². The molecular weight excluding hydrogens is 372 g/mol. The van der Waals surface area contributed by atoms with Gasteiger partial charge in [-0.15, -0.1) is 0 Å². The SMILES string of the molecule is CCCCNC(=O)c1ccc(OC2CCN(CC3CCCCC3)CC2)c(Cl)c1. The molecule has 156 valence electrons. The molecule has 0 unspecified atom stereocenters. The maximum Gasteiger partial charge on any atom is 0.251 e. The number of carbonyl (C=O) groups excluding carboxylic acids is 1. The second-order valence-electron chi connectivity index (χ2n) is 8.38. The van der Waals surface area contributed by atoms with Crippen LogP contribution in [0.25, 0.3) is 0 Å². The van der Waals surface area contributed by atoms with Crippen molar-refractivity contribution in [3.05, 3.63) is 28.8 Å². The van der Waals surface area contributed by atoms with Crippen LogP contribution < -0.4 is 10.1 Å². The van der Waals surface area contributed by atoms with Crippen molar-refractivity contribution in [1.82, 2.24) is 10.2 Å². The summed E-state index contributed by atoms with van der Waals surface area (Å²) in [4.78, 5) is 14.8. The van der Waals surface area contributed by atoms with Gasteiger partial charge in [0.25, 0.3) is 5.91 Å². The van der Waals surface area contributed by atoms with Crippen molar-refractivity contribution in [2.24, 2.45) is 5.92 Å². The van der Waals surface area contributed by atoms with Gasteiger partial charge in [-0.2, -0.15) is 0 Å². The normalized spacial score (nSPS) is 19.5. The zero-order valence-corrected chi connectivity index (χ0v) is 18.0. The van der Waals surface area contributed by atoms with E-state index in [0.717, 1.165) is 44.7 Å². The summed E-state index contributed by atoms with van der Waals surface area (Å²) in [5, 5.41) is 3.44. The second kappa shape index (κ2) is 11.1. The summed E-state index contributed by atoms with van der Waals surface area (Å²) in [6.45, 7) is 6.28. The number of hydrogen-bond acceptors (Lipinski definition) is 3. The molecular formula is C23H35ClN2O2. The minimum Gasteiger partial charge on any atom is -0.489 e. The molecule has 2 fully saturated rings. The summed E-state index contributed by atoms with van der Waals surface area (Å²) < 4.78 is 6.17. The first-order valence-electron chi connectivity index (χ1n) is 11.1. The minimum atomic E-state index is -0.0714. The fraction of sp³-hybridized carbons (Fsp3) is 0.696. The molecule has 0 spiro atoms. The van der Waals surface area contributed by atoms with Crippen LogP contribution in [0.1, 0.15) is 75.1 Å². The van der Waals surface area contributed by atoms with Crippen molar-refractivity contribution < 1.29 is 9.53 Å². The number of nitrogens with one attached hydrogen (secondary N) is 1. The molecule has 28 heavy (non-hydrogen) atoms. The van der Waals surface area contributed by atoms with E-state index in [2.05, 4.69) is 17.1 Å². The van der Waals surface area contributed by atoms with Crippen LogP contribution in [0.2, 0.25) is 5.02 Å². The van der Waals surface area contributed by atoms with E-state index in [0.29, 0.717) is 22.9 Å². The number of hydrogen-bond donors (Lipinski definition) is 1. The van der Waals surface area contributed by atoms with Crippen molar-refractivity contribution in [2.75, 3.05) is 26.2 Å². The average Bonchev–Trinajstić information content (AvgIpc) is 2.72. The molecule has 0 aromatic heterocycles. The lowest BCUT2D eigenvalue weighted by Crippen LogP contribution is -2.41. The van der Waals surface area contributed by atoms with Crippen LogP contribution in [0.5, 0.6) is 5.75 Å². The van der Waals surface area contributed by atoms with Crippen molar-refractivity contribution in [3.8, 4) is 5.75 Å². The average molecular weight is 407 g/mol. The second-order valence-corrected chi connectivity index (χ2v) is 8.78. The Hall–Kier alpha value is -1.26. The summed E-state index contributed by atoms with van der Waals surface area (Å²) in [5.41, 5.74) is 0.593. The zero-order valence-electron chi connectivity index (χ0n) is 17.2. The highest BCUT2D eigenvalue weighted by Crippen LogP contribution is 2.29. The van der Waals surface area contributed by atoms with Crippen molar-refractivity contribution in [2.45, 2.75) is 70.8 Å². The standard InChI is InChI=1S/C23H35ClN2O2/c1-2-3-13-25-23(27)19-9-10-22(21(24)16-19)28-20-11-14-26(15-12-20)17-18-7-5-4-6-8-18/h9-10,16,18,20H,2-8,11-15,17H2,1H3,(H,25,27). The Bertz CT molecular complexity index is 623. The molecule has 1 heterocycles. The third kappa shape index (κ3) is 6.38. The predicted octanol–water partition coefficient (Wildman–Crippen LogP) is 5.29. The molecule has 3 rings (SSSR count). The summed E-state index contributed by atoms with van der Waals surface area (Å²) in [6.07, 6.45) is 11.4. The molecule has 0 atom stereocenters. The van der Waals surface area contributed by atoms with Crippen molar-refractivity contribution in [1.29, 1.82) is 0 Å². The Labute approximate surface area is 175 Å². The number of amides is 1. The first kappa shape index (κ1) is 21.4. The smallest absolute Gasteiger partial charge is 0.251 e. The minimum absolute atomic E-state index is 0.0714. The van der Waals surface area contributed by atoms with Crippen LogP contribution in [-0.4, -0.2) is 43.1 Å². The number of piperidine rings is 1. The topological polar surface area (TPSA) is 41.6 Å². The maximum atomic E-state index is 12.2. The first-order valence-corrected chi connectivity index (χ1v) is 11.5. The van der Waals surface area contributed by atoms with E-state index in [1.54, 1.807) is 12.1 Å². The maximum absolute atomic E-state index is 12.2. The van der Waals surface area contributed by atoms with Gasteiger partial charge >= 0.3 is 0 Å². The van der Waals surface area contributed by atoms with E-state index in [4.69, 9.17) is 16.3 Å². The Morgan fingerprint density at radius 1 is 1.18 bits per heavy atom. The van der Waals surface area contributed by atoms with Gasteiger partial charge in [0, 0.05) is 31.7 Å². The zero-order chi connectivity index (χ0) is 19.8. The highest BCUT2D eigenvalue weighted by Gasteiger charge is 2.24. The number of likely N-dealkylation sites (tertiary alicyclic amines) is 1. The Balaban J connectivity index is 1.44. The third-order valence-corrected chi connectivity index (χ3v) is 6.37. The van der Waals surface area contributed by atoms with Crippen LogP contribution >= 0.6 is 11.6 Å². The van der Waals surface area contributed by atoms with Gasteiger partial charge in [-0.1, -0.05) is 44.2 Å². The fourth-order valence-corrected chi connectivity index (χ4v) is 4.57. The van der Waals surface area contributed by atoms with E-state index >= 15 is 0 Å². The molecule has 1 aromatic rings. The van der Waals surface area contributed by atoms with Crippen LogP contribution in [0, 0.1) is 5.92 Å². The lowest BCUT2D eigenvalue weighted by Gasteiger charge is -2.35. The Morgan fingerprint density at radius 3 is 2.61 bits per heavy atom. The Kier molecular flexibility index (Phi) is 8.47. The first-order chi connectivity index (χ1) is 13.7. The molecule has 1 aliphatic carbocycles. The van der Waals surface area contributed by atoms with E-state index in [-0.39, 0.29) is 12.0 Å². The fourth-order valence-electron chi connectivity index (χ4n) is 4.34. The molecule has 0 radical (unpaired) electrons. The lowest BCUT2D eigenvalue weighted by molar-refractivity contribution is 0.0863. The van der Waals surface area contributed by atoms with Gasteiger partial charge in [0.2, 0.25) is 0 Å². The van der Waals surface area contributed by atoms with Gasteiger partial charge in [0.15, 0.2) is 0 Å². The van der Waals surface area contributed by atoms with E-state index < -0.39 is 0 Å². The third-order valence-electron chi connectivity index (χ3n) is 6.08. The molecule has 1 aromatic carbocycles. The van der Waals surface area contributed by atoms with E-state index in [1.165, 1.54) is 38.6 Å². The van der Waals surface area contributed by atoms with Gasteiger partial charge in [-0.05, 0) is 56.2 Å². The number of carbonyl (C=O) groups is 1. The quantitative estimate of drug-likeness (QED) is 0.596. The number of halogens is 1. The van der Waals surface area contributed by atoms with Gasteiger partial charge in [0.05, 0.1) is 5.02 Å². The number of ether oxygens (including phenoxy) is 1. The summed E-state index contributed by atoms with van der Waals surface area (Å²) >= 11 is 6.40. The van der Waals surface area contributed by atoms with Gasteiger partial charge < -0.3 is 15.0 Å². The molecule has 1 aliphatic heterocycles. The molecule has 4 nitrogen and oxygen atoms in total. The summed E-state index contributed by atoms with van der Waals surface area (Å²) in [7, 11) is 0. The molecule has 1 saturated carbocycles. The van der Waals surface area contributed by atoms with Crippen LogP contribution in [0.4, 0.5) is 0 Å². The van der Waals surface area contributed by atoms with Crippen LogP contribution in [0.3, 0.4) is 0 Å². The number of benzene rings is 1. The molecule has 5 heteroatoms. The molecule has 1 saturated heterocycles. The van der Waals surface area contributed by atoms with Crippen LogP contribution in [-0.2, 0) is 0 Å². The molecule has 0 bridgehead atoms. The lowest BCUT2D eigenvalue weighted by atomic mass is 9.88. The number of rotatable bonds is 8. The highest BCUT2D eigenvalue weighted by molar-refractivity contribution is 6.32. The highest BCUT2D eigenvalue weighted by atomic mass is 35.5. The van der Waals surface area contributed by atoms with E-state index in [1.807, 2.05) is 6.07 Å². The molecule has 1 N–H and O–H groups in total. The predicted molar refractivity (Wildman–Crippen MR) is 115 cm³/mol. The molecule has 1 amide bonds. The molecule has 2 aliphatic rings.